The van der Waals surface area contributed by atoms with Crippen molar-refractivity contribution in [2.45, 2.75) is 0 Å². The van der Waals surface area contributed by atoms with E-state index < -0.39 is 11.7 Å². The lowest BCUT2D eigenvalue weighted by molar-refractivity contribution is 0.0694. The maximum absolute atomic E-state index is 10.8. The zero-order chi connectivity index (χ0) is 13.0. The second-order valence-electron chi connectivity index (χ2n) is 3.51. The maximum Gasteiger partial charge on any atom is 0.339 e. The lowest BCUT2D eigenvalue weighted by atomic mass is 10.1. The second kappa shape index (κ2) is 4.99. The molecule has 17 heavy (non-hydrogen) atoms. The predicted octanol–water partition coefficient (Wildman–Crippen LogP) is 1.18. The minimum Gasteiger partial charge on any atom is -0.507 e. The first-order valence-electron chi connectivity index (χ1n) is 4.66. The molecule has 1 aromatic carbocycles. The number of aliphatic imine (C=N–C) groups is 1. The van der Waals surface area contributed by atoms with Gasteiger partial charge in [-0.15, -0.1) is 0 Å². The Morgan fingerprint density at radius 1 is 1.53 bits per heavy atom. The summed E-state index contributed by atoms with van der Waals surface area (Å²) in [6.45, 7) is 0. The molecule has 0 aliphatic rings. The van der Waals surface area contributed by atoms with Crippen LogP contribution in [0.4, 0.5) is 5.69 Å². The first-order valence-corrected chi connectivity index (χ1v) is 4.66. The molecule has 0 radical (unpaired) electrons. The van der Waals surface area contributed by atoms with Gasteiger partial charge in [-0.3, -0.25) is 0 Å². The minimum atomic E-state index is -1.29. The van der Waals surface area contributed by atoms with Crippen molar-refractivity contribution in [3.05, 3.63) is 23.3 Å². The zero-order valence-electron chi connectivity index (χ0n) is 9.38. The van der Waals surface area contributed by atoms with Gasteiger partial charge < -0.3 is 15.1 Å². The third-order valence-electron chi connectivity index (χ3n) is 1.89. The van der Waals surface area contributed by atoms with Gasteiger partial charge in [0.05, 0.1) is 17.6 Å². The summed E-state index contributed by atoms with van der Waals surface area (Å²) in [5.74, 6) is -1.70. The largest absolute Gasteiger partial charge is 0.507 e. The van der Waals surface area contributed by atoms with E-state index in [1.807, 2.05) is 6.07 Å². The predicted molar refractivity (Wildman–Crippen MR) is 61.6 cm³/mol. The summed E-state index contributed by atoms with van der Waals surface area (Å²) < 4.78 is 0. The molecule has 0 aliphatic carbocycles. The van der Waals surface area contributed by atoms with Gasteiger partial charge in [-0.2, -0.15) is 5.26 Å². The highest BCUT2D eigenvalue weighted by atomic mass is 16.4. The average Bonchev–Trinajstić information content (AvgIpc) is 2.25. The molecule has 0 saturated heterocycles. The number of hydrogen-bond acceptors (Lipinski definition) is 4. The number of benzene rings is 1. The Kier molecular flexibility index (Phi) is 3.67. The van der Waals surface area contributed by atoms with Crippen LogP contribution in [0.2, 0.25) is 0 Å². The molecule has 1 aromatic rings. The van der Waals surface area contributed by atoms with Gasteiger partial charge in [-0.25, -0.2) is 9.79 Å². The zero-order valence-corrected chi connectivity index (χ0v) is 9.38. The fourth-order valence-corrected chi connectivity index (χ4v) is 1.12. The van der Waals surface area contributed by atoms with Crippen LogP contribution in [0.25, 0.3) is 0 Å². The molecule has 0 fully saturated rings. The highest BCUT2D eigenvalue weighted by Crippen LogP contribution is 2.28. The molecular weight excluding hydrogens is 222 g/mol. The third-order valence-corrected chi connectivity index (χ3v) is 1.89. The van der Waals surface area contributed by atoms with E-state index in [4.69, 9.17) is 10.4 Å². The summed E-state index contributed by atoms with van der Waals surface area (Å²) in [6.07, 6.45) is 1.45. The van der Waals surface area contributed by atoms with Crippen LogP contribution >= 0.6 is 0 Å². The quantitative estimate of drug-likeness (QED) is 0.603. The molecule has 2 N–H and O–H groups in total. The van der Waals surface area contributed by atoms with Crippen molar-refractivity contribution in [3.63, 3.8) is 0 Å². The number of carbonyl (C=O) groups is 1. The van der Waals surface area contributed by atoms with E-state index in [0.717, 1.165) is 12.1 Å². The van der Waals surface area contributed by atoms with Crippen molar-refractivity contribution in [2.24, 2.45) is 4.99 Å². The number of rotatable bonds is 3. The average molecular weight is 233 g/mol. The monoisotopic (exact) mass is 233 g/mol. The molecular formula is C11H11N3O3. The SMILES string of the molecule is CN(C)C=Nc1cc(O)c(C(=O)O)cc1C#N. The van der Waals surface area contributed by atoms with Gasteiger partial charge in [0.25, 0.3) is 0 Å². The Morgan fingerprint density at radius 3 is 2.65 bits per heavy atom. The van der Waals surface area contributed by atoms with Crippen LogP contribution < -0.4 is 0 Å². The van der Waals surface area contributed by atoms with E-state index in [9.17, 15) is 9.90 Å². The van der Waals surface area contributed by atoms with E-state index in [1.54, 1.807) is 19.0 Å². The van der Waals surface area contributed by atoms with Crippen molar-refractivity contribution in [2.75, 3.05) is 14.1 Å². The summed E-state index contributed by atoms with van der Waals surface area (Å²) >= 11 is 0. The lowest BCUT2D eigenvalue weighted by Crippen LogP contribution is -2.07. The minimum absolute atomic E-state index is 0.0956. The van der Waals surface area contributed by atoms with Crippen LogP contribution in [-0.4, -0.2) is 41.5 Å². The van der Waals surface area contributed by atoms with Gasteiger partial charge in [0, 0.05) is 20.2 Å². The fourth-order valence-electron chi connectivity index (χ4n) is 1.12. The van der Waals surface area contributed by atoms with Crippen LogP contribution in [0.3, 0.4) is 0 Å². The third kappa shape index (κ3) is 2.95. The number of nitriles is 1. The summed E-state index contributed by atoms with van der Waals surface area (Å²) in [5, 5.41) is 27.1. The smallest absolute Gasteiger partial charge is 0.339 e. The molecule has 6 nitrogen and oxygen atoms in total. The van der Waals surface area contributed by atoms with Crippen LogP contribution in [0, 0.1) is 11.3 Å². The first-order chi connectivity index (χ1) is 7.95. The summed E-state index contributed by atoms with van der Waals surface area (Å²) in [4.78, 5) is 16.4. The number of nitrogens with zero attached hydrogens (tertiary/aromatic N) is 3. The van der Waals surface area contributed by atoms with E-state index in [-0.39, 0.29) is 16.8 Å². The molecule has 0 bridgehead atoms. The van der Waals surface area contributed by atoms with Gasteiger partial charge in [-0.05, 0) is 6.07 Å². The number of carboxylic acid groups (broad SMARTS) is 1. The second-order valence-corrected chi connectivity index (χ2v) is 3.51. The molecule has 0 aliphatic heterocycles. The van der Waals surface area contributed by atoms with Crippen molar-refractivity contribution in [3.8, 4) is 11.8 Å². The van der Waals surface area contributed by atoms with Gasteiger partial charge in [-0.1, -0.05) is 0 Å². The first kappa shape index (κ1) is 12.5. The van der Waals surface area contributed by atoms with Crippen LogP contribution in [0.5, 0.6) is 5.75 Å². The molecule has 0 atom stereocenters. The molecule has 88 valence electrons. The van der Waals surface area contributed by atoms with Crippen molar-refractivity contribution >= 4 is 18.0 Å². The topological polar surface area (TPSA) is 96.9 Å². The summed E-state index contributed by atoms with van der Waals surface area (Å²) in [5.41, 5.74) is 0.00681. The fraction of sp³-hybridized carbons (Fsp3) is 0.182. The number of aromatic hydroxyl groups is 1. The highest BCUT2D eigenvalue weighted by molar-refractivity contribution is 5.92. The van der Waals surface area contributed by atoms with Gasteiger partial charge >= 0.3 is 5.97 Å². The Morgan fingerprint density at radius 2 is 2.18 bits per heavy atom. The molecule has 1 rings (SSSR count). The van der Waals surface area contributed by atoms with Crippen LogP contribution in [0.1, 0.15) is 15.9 Å². The maximum atomic E-state index is 10.8. The van der Waals surface area contributed by atoms with Gasteiger partial charge in [0.1, 0.15) is 17.4 Å². The molecule has 0 saturated carbocycles. The van der Waals surface area contributed by atoms with E-state index in [1.165, 1.54) is 6.34 Å². The number of aromatic carboxylic acids is 1. The van der Waals surface area contributed by atoms with Gasteiger partial charge in [0.2, 0.25) is 0 Å². The number of phenols is 1. The molecule has 0 unspecified atom stereocenters. The summed E-state index contributed by atoms with van der Waals surface area (Å²) in [7, 11) is 3.50. The number of hydrogen-bond donors (Lipinski definition) is 2. The Labute approximate surface area is 98.1 Å². The molecule has 0 amide bonds. The number of carboxylic acids is 1. The molecule has 0 spiro atoms. The van der Waals surface area contributed by atoms with Crippen molar-refractivity contribution in [1.29, 1.82) is 5.26 Å². The van der Waals surface area contributed by atoms with E-state index in [2.05, 4.69) is 4.99 Å². The molecule has 0 aromatic heterocycles. The van der Waals surface area contributed by atoms with E-state index >= 15 is 0 Å². The standard InChI is InChI=1S/C11H11N3O3/c1-14(2)6-13-9-4-10(15)8(11(16)17)3-7(9)5-12/h3-4,6,15H,1-2H3,(H,16,17). The normalized spacial score (nSPS) is 10.2. The lowest BCUT2D eigenvalue weighted by Gasteiger charge is -2.05. The Hall–Kier alpha value is -2.55. The highest BCUT2D eigenvalue weighted by Gasteiger charge is 2.13. The van der Waals surface area contributed by atoms with Gasteiger partial charge in [0.15, 0.2) is 0 Å². The van der Waals surface area contributed by atoms with Crippen LogP contribution in [0.15, 0.2) is 17.1 Å². The van der Waals surface area contributed by atoms with Crippen molar-refractivity contribution < 1.29 is 15.0 Å². The molecule has 6 heteroatoms. The Balaban J connectivity index is 3.30. The van der Waals surface area contributed by atoms with Crippen molar-refractivity contribution in [1.82, 2.24) is 4.90 Å². The van der Waals surface area contributed by atoms with E-state index in [0.29, 0.717) is 0 Å². The van der Waals surface area contributed by atoms with Crippen LogP contribution in [-0.2, 0) is 0 Å². The Bertz CT molecular complexity index is 515. The summed E-state index contributed by atoms with van der Waals surface area (Å²) in [6, 6.07) is 4.09. The molecule has 0 heterocycles.